The number of nitrogens with one attached hydrogen (secondary N) is 2. The molecule has 0 amide bonds. The molecule has 0 saturated heterocycles. The van der Waals surface area contributed by atoms with Crippen molar-refractivity contribution in [2.75, 3.05) is 5.32 Å². The first-order chi connectivity index (χ1) is 10.0. The zero-order chi connectivity index (χ0) is 15.2. The largest absolute Gasteiger partial charge is 0.469 e. The molecule has 2 rings (SSSR count). The van der Waals surface area contributed by atoms with Crippen molar-refractivity contribution >= 4 is 23.0 Å². The van der Waals surface area contributed by atoms with Gasteiger partial charge in [-0.25, -0.2) is 0 Å². The monoisotopic (exact) mass is 302 g/mol. The number of hydrogen-bond donors (Lipinski definition) is 2. The minimum atomic E-state index is 0.293. The van der Waals surface area contributed by atoms with Crippen LogP contribution in [0, 0.1) is 13.8 Å². The van der Waals surface area contributed by atoms with Gasteiger partial charge in [-0.1, -0.05) is 6.07 Å². The number of thiocarbonyl (C=S) groups is 1. The zero-order valence-electron chi connectivity index (χ0n) is 12.8. The van der Waals surface area contributed by atoms with E-state index in [1.54, 1.807) is 6.26 Å². The third kappa shape index (κ3) is 4.90. The lowest BCUT2D eigenvalue weighted by Gasteiger charge is -2.17. The van der Waals surface area contributed by atoms with Gasteiger partial charge in [-0.3, -0.25) is 0 Å². The molecule has 0 fully saturated rings. The van der Waals surface area contributed by atoms with Gasteiger partial charge in [0.1, 0.15) is 5.76 Å². The van der Waals surface area contributed by atoms with Crippen LogP contribution < -0.4 is 10.6 Å². The molecule has 2 N–H and O–H groups in total. The molecule has 21 heavy (non-hydrogen) atoms. The maximum atomic E-state index is 5.36. The summed E-state index contributed by atoms with van der Waals surface area (Å²) >= 11 is 5.36. The predicted molar refractivity (Wildman–Crippen MR) is 91.8 cm³/mol. The molecule has 4 heteroatoms. The van der Waals surface area contributed by atoms with E-state index in [-0.39, 0.29) is 0 Å². The highest BCUT2D eigenvalue weighted by Gasteiger charge is 2.06. The van der Waals surface area contributed by atoms with Crippen LogP contribution in [-0.2, 0) is 6.42 Å². The van der Waals surface area contributed by atoms with Crippen molar-refractivity contribution in [2.24, 2.45) is 0 Å². The molecule has 0 aliphatic heterocycles. The molecule has 1 aromatic heterocycles. The summed E-state index contributed by atoms with van der Waals surface area (Å²) in [5.41, 5.74) is 3.56. The molecular weight excluding hydrogens is 280 g/mol. The molecule has 112 valence electrons. The van der Waals surface area contributed by atoms with Crippen molar-refractivity contribution in [1.82, 2.24) is 5.32 Å². The van der Waals surface area contributed by atoms with Crippen LogP contribution in [0.3, 0.4) is 0 Å². The van der Waals surface area contributed by atoms with E-state index in [9.17, 15) is 0 Å². The van der Waals surface area contributed by atoms with Gasteiger partial charge >= 0.3 is 0 Å². The van der Waals surface area contributed by atoms with E-state index in [4.69, 9.17) is 16.6 Å². The standard InChI is InChI=1S/C17H22N2OS/c1-12-6-8-15(11-13(12)2)19-17(21)18-14(3)7-9-16-5-4-10-20-16/h4-6,8,10-11,14H,7,9H2,1-3H3,(H2,18,19,21)/t14-/m1/s1. The maximum Gasteiger partial charge on any atom is 0.170 e. The summed E-state index contributed by atoms with van der Waals surface area (Å²) in [5, 5.41) is 7.19. The number of rotatable bonds is 5. The van der Waals surface area contributed by atoms with Crippen LogP contribution in [0.4, 0.5) is 5.69 Å². The van der Waals surface area contributed by atoms with E-state index in [1.807, 2.05) is 18.2 Å². The van der Waals surface area contributed by atoms with Gasteiger partial charge in [-0.05, 0) is 74.8 Å². The van der Waals surface area contributed by atoms with Gasteiger partial charge in [-0.2, -0.15) is 0 Å². The molecule has 0 unspecified atom stereocenters. The third-order valence-electron chi connectivity index (χ3n) is 3.55. The van der Waals surface area contributed by atoms with Crippen LogP contribution in [0.5, 0.6) is 0 Å². The minimum absolute atomic E-state index is 0.293. The molecule has 0 radical (unpaired) electrons. The Hall–Kier alpha value is -1.81. The van der Waals surface area contributed by atoms with Crippen LogP contribution in [-0.4, -0.2) is 11.2 Å². The van der Waals surface area contributed by atoms with Crippen molar-refractivity contribution in [3.63, 3.8) is 0 Å². The highest BCUT2D eigenvalue weighted by molar-refractivity contribution is 7.80. The number of aryl methyl sites for hydroxylation is 3. The summed E-state index contributed by atoms with van der Waals surface area (Å²) in [5.74, 6) is 1.01. The SMILES string of the molecule is Cc1ccc(NC(=S)N[C@H](C)CCc2ccco2)cc1C. The summed E-state index contributed by atoms with van der Waals surface area (Å²) < 4.78 is 5.33. The van der Waals surface area contributed by atoms with E-state index >= 15 is 0 Å². The molecular formula is C17H22N2OS. The van der Waals surface area contributed by atoms with Gasteiger partial charge in [0, 0.05) is 18.2 Å². The number of benzene rings is 1. The lowest BCUT2D eigenvalue weighted by molar-refractivity contribution is 0.483. The third-order valence-corrected chi connectivity index (χ3v) is 3.77. The van der Waals surface area contributed by atoms with Crippen LogP contribution in [0.25, 0.3) is 0 Å². The summed E-state index contributed by atoms with van der Waals surface area (Å²) in [6.45, 7) is 6.33. The summed E-state index contributed by atoms with van der Waals surface area (Å²) in [6, 6.07) is 10.5. The average Bonchev–Trinajstić information content (AvgIpc) is 2.94. The molecule has 0 saturated carbocycles. The molecule has 1 aromatic carbocycles. The average molecular weight is 302 g/mol. The lowest BCUT2D eigenvalue weighted by Crippen LogP contribution is -2.36. The van der Waals surface area contributed by atoms with Gasteiger partial charge in [0.2, 0.25) is 0 Å². The summed E-state index contributed by atoms with van der Waals surface area (Å²) in [7, 11) is 0. The molecule has 0 aliphatic carbocycles. The van der Waals surface area contributed by atoms with Gasteiger partial charge in [0.25, 0.3) is 0 Å². The second-order valence-corrected chi connectivity index (χ2v) is 5.82. The quantitative estimate of drug-likeness (QED) is 0.812. The van der Waals surface area contributed by atoms with Gasteiger partial charge in [0.05, 0.1) is 6.26 Å². The van der Waals surface area contributed by atoms with E-state index in [0.717, 1.165) is 24.3 Å². The fourth-order valence-electron chi connectivity index (χ4n) is 2.10. The Morgan fingerprint density at radius 2 is 2.05 bits per heavy atom. The maximum absolute atomic E-state index is 5.36. The van der Waals surface area contributed by atoms with Gasteiger partial charge in [0.15, 0.2) is 5.11 Å². The normalized spacial score (nSPS) is 12.0. The number of furan rings is 1. The Bertz CT molecular complexity index is 593. The fraction of sp³-hybridized carbons (Fsp3) is 0.353. The van der Waals surface area contributed by atoms with E-state index in [2.05, 4.69) is 43.5 Å². The Morgan fingerprint density at radius 3 is 2.71 bits per heavy atom. The Balaban J connectivity index is 1.79. The number of anilines is 1. The van der Waals surface area contributed by atoms with Crippen molar-refractivity contribution in [2.45, 2.75) is 39.7 Å². The first-order valence-corrected chi connectivity index (χ1v) is 7.62. The molecule has 2 aromatic rings. The topological polar surface area (TPSA) is 37.2 Å². The Morgan fingerprint density at radius 1 is 1.24 bits per heavy atom. The van der Waals surface area contributed by atoms with Crippen molar-refractivity contribution < 1.29 is 4.42 Å². The van der Waals surface area contributed by atoms with Crippen molar-refractivity contribution in [3.05, 3.63) is 53.5 Å². The number of hydrogen-bond acceptors (Lipinski definition) is 2. The van der Waals surface area contributed by atoms with Crippen molar-refractivity contribution in [1.29, 1.82) is 0 Å². The van der Waals surface area contributed by atoms with Crippen LogP contribution in [0.15, 0.2) is 41.0 Å². The predicted octanol–water partition coefficient (Wildman–Crippen LogP) is 4.20. The second-order valence-electron chi connectivity index (χ2n) is 5.42. The molecule has 0 bridgehead atoms. The van der Waals surface area contributed by atoms with Gasteiger partial charge < -0.3 is 15.1 Å². The van der Waals surface area contributed by atoms with E-state index in [1.165, 1.54) is 11.1 Å². The molecule has 1 heterocycles. The van der Waals surface area contributed by atoms with E-state index in [0.29, 0.717) is 11.2 Å². The smallest absolute Gasteiger partial charge is 0.170 e. The van der Waals surface area contributed by atoms with Crippen molar-refractivity contribution in [3.8, 4) is 0 Å². The van der Waals surface area contributed by atoms with Gasteiger partial charge in [-0.15, -0.1) is 0 Å². The first kappa shape index (κ1) is 15.6. The Kier molecular flexibility index (Phi) is 5.39. The van der Waals surface area contributed by atoms with Crippen LogP contribution in [0.1, 0.15) is 30.2 Å². The zero-order valence-corrected chi connectivity index (χ0v) is 13.6. The lowest BCUT2D eigenvalue weighted by atomic mass is 10.1. The fourth-order valence-corrected chi connectivity index (χ4v) is 2.41. The molecule has 0 spiro atoms. The summed E-state index contributed by atoms with van der Waals surface area (Å²) in [6.07, 6.45) is 3.59. The molecule has 0 aliphatic rings. The summed E-state index contributed by atoms with van der Waals surface area (Å²) in [4.78, 5) is 0. The first-order valence-electron chi connectivity index (χ1n) is 7.22. The minimum Gasteiger partial charge on any atom is -0.469 e. The van der Waals surface area contributed by atoms with E-state index < -0.39 is 0 Å². The molecule has 1 atom stereocenters. The second kappa shape index (κ2) is 7.27. The Labute approximate surface area is 131 Å². The van der Waals surface area contributed by atoms with Crippen LogP contribution in [0.2, 0.25) is 0 Å². The highest BCUT2D eigenvalue weighted by Crippen LogP contribution is 2.14. The molecule has 3 nitrogen and oxygen atoms in total. The van der Waals surface area contributed by atoms with Crippen LogP contribution >= 0.6 is 12.2 Å². The highest BCUT2D eigenvalue weighted by atomic mass is 32.1.